The lowest BCUT2D eigenvalue weighted by Crippen LogP contribution is -1.80. The Morgan fingerprint density at radius 1 is 1.12 bits per heavy atom. The smallest absolute Gasteiger partial charge is 0.183 e. The van der Waals surface area contributed by atoms with E-state index in [1.807, 2.05) is 30.1 Å². The van der Waals surface area contributed by atoms with Crippen LogP contribution in [0, 0.1) is 0 Å². The van der Waals surface area contributed by atoms with Crippen molar-refractivity contribution in [1.82, 2.24) is 4.98 Å². The summed E-state index contributed by atoms with van der Waals surface area (Å²) in [4.78, 5) is 5.22. The van der Waals surface area contributed by atoms with E-state index >= 15 is 0 Å². The number of thioether (sulfide) groups is 1. The van der Waals surface area contributed by atoms with Crippen molar-refractivity contribution in [2.75, 3.05) is 0 Å². The van der Waals surface area contributed by atoms with Crippen LogP contribution in [0.3, 0.4) is 0 Å². The van der Waals surface area contributed by atoms with Crippen LogP contribution in [0.15, 0.2) is 30.5 Å². The van der Waals surface area contributed by atoms with Gasteiger partial charge in [-0.15, -0.1) is 11.3 Å². The predicted molar refractivity (Wildman–Crippen MR) is 73.6 cm³/mol. The Kier molecular flexibility index (Phi) is 4.53. The minimum absolute atomic E-state index is 0.613. The second-order valence-corrected chi connectivity index (χ2v) is 6.32. The molecule has 0 unspecified atom stereocenters. The average Bonchev–Trinajstić information content (AvgIpc) is 2.67. The van der Waals surface area contributed by atoms with Crippen LogP contribution >= 0.6 is 46.3 Å². The zero-order valence-electron chi connectivity index (χ0n) is 8.32. The number of hydrogen-bond donors (Lipinski definition) is 0. The van der Waals surface area contributed by atoms with Crippen molar-refractivity contribution in [3.8, 4) is 0 Å². The summed E-state index contributed by atoms with van der Waals surface area (Å²) in [6.45, 7) is 0. The van der Waals surface area contributed by atoms with Crippen LogP contribution < -0.4 is 0 Å². The summed E-state index contributed by atoms with van der Waals surface area (Å²) in [7, 11) is 0. The molecular formula is C11H9Cl2NS2. The van der Waals surface area contributed by atoms with Crippen LogP contribution in [0.1, 0.15) is 10.4 Å². The van der Waals surface area contributed by atoms with Crippen LogP contribution in [0.25, 0.3) is 0 Å². The molecule has 0 aliphatic heterocycles. The SMILES string of the molecule is Clc1ccc(CSCc2cnc(Cl)s2)cc1. The first-order chi connectivity index (χ1) is 7.74. The lowest BCUT2D eigenvalue weighted by atomic mass is 10.2. The molecule has 1 heterocycles. The van der Waals surface area contributed by atoms with Gasteiger partial charge in [0.1, 0.15) is 0 Å². The monoisotopic (exact) mass is 289 g/mol. The van der Waals surface area contributed by atoms with Crippen LogP contribution in [-0.2, 0) is 11.5 Å². The van der Waals surface area contributed by atoms with Gasteiger partial charge in [0.05, 0.1) is 0 Å². The van der Waals surface area contributed by atoms with E-state index < -0.39 is 0 Å². The summed E-state index contributed by atoms with van der Waals surface area (Å²) in [6, 6.07) is 7.94. The van der Waals surface area contributed by atoms with Gasteiger partial charge in [-0.05, 0) is 17.7 Å². The van der Waals surface area contributed by atoms with Crippen molar-refractivity contribution in [3.05, 3.63) is 50.4 Å². The van der Waals surface area contributed by atoms with E-state index in [0.29, 0.717) is 4.47 Å². The fourth-order valence-corrected chi connectivity index (χ4v) is 3.39. The summed E-state index contributed by atoms with van der Waals surface area (Å²) in [5.74, 6) is 1.93. The standard InChI is InChI=1S/C11H9Cl2NS2/c12-9-3-1-8(2-4-9)6-15-7-10-5-14-11(13)16-10/h1-5H,6-7H2. The third-order valence-electron chi connectivity index (χ3n) is 1.95. The van der Waals surface area contributed by atoms with Crippen molar-refractivity contribution >= 4 is 46.3 Å². The number of nitrogens with zero attached hydrogens (tertiary/aromatic N) is 1. The van der Waals surface area contributed by atoms with Gasteiger partial charge in [0, 0.05) is 27.6 Å². The van der Waals surface area contributed by atoms with E-state index in [-0.39, 0.29) is 0 Å². The maximum atomic E-state index is 5.82. The molecule has 1 aromatic carbocycles. The Balaban J connectivity index is 1.82. The van der Waals surface area contributed by atoms with Gasteiger partial charge in [0.15, 0.2) is 4.47 Å². The molecule has 0 saturated carbocycles. The molecule has 2 aromatic rings. The zero-order chi connectivity index (χ0) is 11.4. The van der Waals surface area contributed by atoms with Gasteiger partial charge in [-0.1, -0.05) is 35.3 Å². The molecule has 2 rings (SSSR count). The molecular weight excluding hydrogens is 281 g/mol. The molecule has 0 amide bonds. The normalized spacial score (nSPS) is 10.6. The van der Waals surface area contributed by atoms with E-state index in [4.69, 9.17) is 23.2 Å². The number of aromatic nitrogens is 1. The fraction of sp³-hybridized carbons (Fsp3) is 0.182. The Morgan fingerprint density at radius 2 is 1.88 bits per heavy atom. The molecule has 0 N–H and O–H groups in total. The van der Waals surface area contributed by atoms with Crippen LogP contribution in [-0.4, -0.2) is 4.98 Å². The molecule has 1 nitrogen and oxygen atoms in total. The Morgan fingerprint density at radius 3 is 2.50 bits per heavy atom. The highest BCUT2D eigenvalue weighted by atomic mass is 35.5. The summed E-state index contributed by atoms with van der Waals surface area (Å²) in [5, 5.41) is 0.781. The molecule has 0 spiro atoms. The molecule has 0 fully saturated rings. The molecule has 0 radical (unpaired) electrons. The van der Waals surface area contributed by atoms with Crippen molar-refractivity contribution in [3.63, 3.8) is 0 Å². The molecule has 84 valence electrons. The van der Waals surface area contributed by atoms with Gasteiger partial charge in [-0.25, -0.2) is 4.98 Å². The predicted octanol–water partition coefficient (Wildman–Crippen LogP) is 4.88. The van der Waals surface area contributed by atoms with Crippen LogP contribution in [0.5, 0.6) is 0 Å². The van der Waals surface area contributed by atoms with Crippen molar-refractivity contribution in [2.45, 2.75) is 11.5 Å². The molecule has 0 bridgehead atoms. The third kappa shape index (κ3) is 3.67. The highest BCUT2D eigenvalue weighted by Gasteiger charge is 2.00. The molecule has 16 heavy (non-hydrogen) atoms. The Bertz CT molecular complexity index is 453. The van der Waals surface area contributed by atoms with E-state index in [1.54, 1.807) is 0 Å². The number of hydrogen-bond acceptors (Lipinski definition) is 3. The molecule has 5 heteroatoms. The van der Waals surface area contributed by atoms with Crippen molar-refractivity contribution in [2.24, 2.45) is 0 Å². The minimum Gasteiger partial charge on any atom is -0.233 e. The maximum absolute atomic E-state index is 5.82. The number of benzene rings is 1. The topological polar surface area (TPSA) is 12.9 Å². The van der Waals surface area contributed by atoms with Crippen LogP contribution in [0.2, 0.25) is 9.49 Å². The van der Waals surface area contributed by atoms with Gasteiger partial charge >= 0.3 is 0 Å². The van der Waals surface area contributed by atoms with Crippen molar-refractivity contribution < 1.29 is 0 Å². The van der Waals surface area contributed by atoms with E-state index in [2.05, 4.69) is 17.1 Å². The Labute approximate surface area is 113 Å². The number of rotatable bonds is 4. The average molecular weight is 290 g/mol. The lowest BCUT2D eigenvalue weighted by molar-refractivity contribution is 1.35. The first kappa shape index (κ1) is 12.2. The van der Waals surface area contributed by atoms with Crippen molar-refractivity contribution in [1.29, 1.82) is 0 Å². The summed E-state index contributed by atoms with van der Waals surface area (Å²) < 4.78 is 0.613. The third-order valence-corrected chi connectivity index (χ3v) is 4.55. The van der Waals surface area contributed by atoms with Gasteiger partial charge in [0.2, 0.25) is 0 Å². The van der Waals surface area contributed by atoms with Gasteiger partial charge < -0.3 is 0 Å². The first-order valence-electron chi connectivity index (χ1n) is 4.66. The van der Waals surface area contributed by atoms with Gasteiger partial charge in [0.25, 0.3) is 0 Å². The highest BCUT2D eigenvalue weighted by molar-refractivity contribution is 7.97. The Hall–Kier alpha value is -0.220. The van der Waals surface area contributed by atoms with E-state index in [0.717, 1.165) is 16.5 Å². The highest BCUT2D eigenvalue weighted by Crippen LogP contribution is 2.24. The molecule has 1 aromatic heterocycles. The molecule has 0 saturated heterocycles. The molecule has 0 aliphatic carbocycles. The van der Waals surface area contributed by atoms with E-state index in [9.17, 15) is 0 Å². The fourth-order valence-electron chi connectivity index (χ4n) is 1.20. The summed E-state index contributed by atoms with van der Waals surface area (Å²) >= 11 is 15.0. The second kappa shape index (κ2) is 5.92. The van der Waals surface area contributed by atoms with Gasteiger partial charge in [-0.2, -0.15) is 11.8 Å². The minimum atomic E-state index is 0.613. The first-order valence-corrected chi connectivity index (χ1v) is 7.39. The second-order valence-electron chi connectivity index (χ2n) is 3.20. The maximum Gasteiger partial charge on any atom is 0.183 e. The van der Waals surface area contributed by atoms with Gasteiger partial charge in [-0.3, -0.25) is 0 Å². The lowest BCUT2D eigenvalue weighted by Gasteiger charge is -2.00. The summed E-state index contributed by atoms with van der Waals surface area (Å²) in [6.07, 6.45) is 1.84. The van der Waals surface area contributed by atoms with Crippen LogP contribution in [0.4, 0.5) is 0 Å². The zero-order valence-corrected chi connectivity index (χ0v) is 11.5. The number of thiazole rings is 1. The quantitative estimate of drug-likeness (QED) is 0.795. The van der Waals surface area contributed by atoms with E-state index in [1.165, 1.54) is 21.8 Å². The number of halogens is 2. The molecule has 0 aliphatic rings. The largest absolute Gasteiger partial charge is 0.233 e. The molecule has 0 atom stereocenters. The summed E-state index contributed by atoms with van der Waals surface area (Å²) in [5.41, 5.74) is 1.28.